The van der Waals surface area contributed by atoms with Crippen LogP contribution >= 0.6 is 0 Å². The highest BCUT2D eigenvalue weighted by atomic mass is 19.1. The SMILES string of the molecule is O=C([O-])c1cc(-c2cn[nH]c2-c2ccc(F)cc2)ccn1. The zero-order valence-electron chi connectivity index (χ0n) is 10.7. The van der Waals surface area contributed by atoms with Gasteiger partial charge in [0.2, 0.25) is 0 Å². The highest BCUT2D eigenvalue weighted by molar-refractivity contribution is 5.87. The van der Waals surface area contributed by atoms with Gasteiger partial charge in [-0.1, -0.05) is 0 Å². The maximum Gasteiger partial charge on any atom is 0.123 e. The summed E-state index contributed by atoms with van der Waals surface area (Å²) in [6.07, 6.45) is 2.97. The van der Waals surface area contributed by atoms with Gasteiger partial charge in [-0.3, -0.25) is 10.1 Å². The van der Waals surface area contributed by atoms with E-state index < -0.39 is 5.97 Å². The van der Waals surface area contributed by atoms with Crippen LogP contribution in [0.2, 0.25) is 0 Å². The molecule has 21 heavy (non-hydrogen) atoms. The molecule has 2 aromatic heterocycles. The highest BCUT2D eigenvalue weighted by Crippen LogP contribution is 2.30. The lowest BCUT2D eigenvalue weighted by Crippen LogP contribution is -2.23. The summed E-state index contributed by atoms with van der Waals surface area (Å²) in [4.78, 5) is 14.6. The van der Waals surface area contributed by atoms with Crippen molar-refractivity contribution in [2.45, 2.75) is 0 Å². The van der Waals surface area contributed by atoms with Crippen LogP contribution in [0.25, 0.3) is 22.4 Å². The maximum atomic E-state index is 13.0. The van der Waals surface area contributed by atoms with Gasteiger partial charge in [0.15, 0.2) is 0 Å². The van der Waals surface area contributed by atoms with E-state index >= 15 is 0 Å². The van der Waals surface area contributed by atoms with Crippen molar-refractivity contribution in [3.63, 3.8) is 0 Å². The Morgan fingerprint density at radius 2 is 1.90 bits per heavy atom. The van der Waals surface area contributed by atoms with E-state index in [2.05, 4.69) is 15.2 Å². The number of carbonyl (C=O) groups is 1. The molecule has 0 atom stereocenters. The zero-order chi connectivity index (χ0) is 14.8. The van der Waals surface area contributed by atoms with Crippen molar-refractivity contribution in [1.82, 2.24) is 15.2 Å². The molecule has 0 saturated heterocycles. The normalized spacial score (nSPS) is 10.5. The van der Waals surface area contributed by atoms with Gasteiger partial charge >= 0.3 is 0 Å². The molecule has 0 aliphatic rings. The van der Waals surface area contributed by atoms with Crippen LogP contribution in [0.15, 0.2) is 48.8 Å². The second-order valence-corrected chi connectivity index (χ2v) is 4.38. The summed E-state index contributed by atoms with van der Waals surface area (Å²) in [7, 11) is 0. The van der Waals surface area contributed by atoms with Gasteiger partial charge in [0.1, 0.15) is 5.82 Å². The van der Waals surface area contributed by atoms with Crippen molar-refractivity contribution in [1.29, 1.82) is 0 Å². The number of aromatic amines is 1. The minimum atomic E-state index is -1.34. The van der Waals surface area contributed by atoms with E-state index in [0.29, 0.717) is 16.8 Å². The molecule has 1 aromatic carbocycles. The first-order valence-electron chi connectivity index (χ1n) is 6.12. The van der Waals surface area contributed by atoms with Gasteiger partial charge in [-0.05, 0) is 42.0 Å². The van der Waals surface area contributed by atoms with E-state index in [9.17, 15) is 14.3 Å². The topological polar surface area (TPSA) is 81.7 Å². The summed E-state index contributed by atoms with van der Waals surface area (Å²) in [5, 5.41) is 17.7. The van der Waals surface area contributed by atoms with Crippen molar-refractivity contribution >= 4 is 5.97 Å². The molecule has 0 aliphatic carbocycles. The van der Waals surface area contributed by atoms with Gasteiger partial charge < -0.3 is 9.90 Å². The van der Waals surface area contributed by atoms with E-state index in [1.807, 2.05) is 0 Å². The number of aromatic carboxylic acids is 1. The average molecular weight is 282 g/mol. The van der Waals surface area contributed by atoms with Crippen LogP contribution in [-0.2, 0) is 0 Å². The van der Waals surface area contributed by atoms with E-state index in [1.165, 1.54) is 24.4 Å². The van der Waals surface area contributed by atoms with Crippen LogP contribution in [0, 0.1) is 5.82 Å². The molecule has 0 spiro atoms. The Kier molecular flexibility index (Phi) is 3.19. The Balaban J connectivity index is 2.08. The number of H-pyrrole nitrogens is 1. The molecule has 0 fully saturated rings. The summed E-state index contributed by atoms with van der Waals surface area (Å²) in [6, 6.07) is 9.01. The second-order valence-electron chi connectivity index (χ2n) is 4.38. The number of benzene rings is 1. The lowest BCUT2D eigenvalue weighted by atomic mass is 10.0. The summed E-state index contributed by atoms with van der Waals surface area (Å²) in [5.41, 5.74) is 2.60. The van der Waals surface area contributed by atoms with Crippen LogP contribution in [0.4, 0.5) is 4.39 Å². The van der Waals surface area contributed by atoms with Gasteiger partial charge in [-0.25, -0.2) is 4.39 Å². The molecule has 0 bridgehead atoms. The molecule has 0 amide bonds. The summed E-state index contributed by atoms with van der Waals surface area (Å²) < 4.78 is 13.0. The Morgan fingerprint density at radius 3 is 2.62 bits per heavy atom. The van der Waals surface area contributed by atoms with E-state index in [0.717, 1.165) is 5.56 Å². The summed E-state index contributed by atoms with van der Waals surface area (Å²) in [6.45, 7) is 0. The van der Waals surface area contributed by atoms with Crippen LogP contribution < -0.4 is 5.11 Å². The van der Waals surface area contributed by atoms with Crippen molar-refractivity contribution < 1.29 is 14.3 Å². The zero-order valence-corrected chi connectivity index (χ0v) is 10.7. The van der Waals surface area contributed by atoms with Gasteiger partial charge in [-0.2, -0.15) is 5.10 Å². The molecule has 0 saturated carbocycles. The second kappa shape index (κ2) is 5.16. The van der Waals surface area contributed by atoms with Crippen molar-refractivity contribution in [2.24, 2.45) is 0 Å². The standard InChI is InChI=1S/C15H10FN3O2/c16-11-3-1-9(2-4-11)14-12(8-18-19-14)10-5-6-17-13(7-10)15(20)21/h1-8H,(H,18,19)(H,20,21)/p-1. The third kappa shape index (κ3) is 2.51. The lowest BCUT2D eigenvalue weighted by Gasteiger charge is -2.06. The molecule has 6 heteroatoms. The van der Waals surface area contributed by atoms with Crippen LogP contribution in [0.3, 0.4) is 0 Å². The number of carbonyl (C=O) groups excluding carboxylic acids is 1. The predicted octanol–water partition coefficient (Wildman–Crippen LogP) is 1.64. The van der Waals surface area contributed by atoms with Crippen LogP contribution in [0.5, 0.6) is 0 Å². The maximum absolute atomic E-state index is 13.0. The van der Waals surface area contributed by atoms with Crippen molar-refractivity contribution in [2.75, 3.05) is 0 Å². The largest absolute Gasteiger partial charge is 0.543 e. The molecular weight excluding hydrogens is 273 g/mol. The molecule has 0 unspecified atom stereocenters. The van der Waals surface area contributed by atoms with E-state index in [4.69, 9.17) is 0 Å². The van der Waals surface area contributed by atoms with Gasteiger partial charge in [0.05, 0.1) is 23.6 Å². The highest BCUT2D eigenvalue weighted by Gasteiger charge is 2.11. The molecule has 3 rings (SSSR count). The number of rotatable bonds is 3. The van der Waals surface area contributed by atoms with E-state index in [-0.39, 0.29) is 11.5 Å². The number of halogens is 1. The molecule has 3 aromatic rings. The number of nitrogens with one attached hydrogen (secondary N) is 1. The van der Waals surface area contributed by atoms with E-state index in [1.54, 1.807) is 24.4 Å². The average Bonchev–Trinajstić information content (AvgIpc) is 2.97. The number of aromatic nitrogens is 3. The lowest BCUT2D eigenvalue weighted by molar-refractivity contribution is -0.255. The predicted molar refractivity (Wildman–Crippen MR) is 71.5 cm³/mol. The number of carboxylic acids is 1. The van der Waals surface area contributed by atoms with Gasteiger partial charge in [0, 0.05) is 17.3 Å². The molecule has 1 N–H and O–H groups in total. The third-order valence-corrected chi connectivity index (χ3v) is 3.05. The third-order valence-electron chi connectivity index (χ3n) is 3.05. The first-order valence-corrected chi connectivity index (χ1v) is 6.12. The first-order chi connectivity index (χ1) is 10.1. The fraction of sp³-hybridized carbons (Fsp3) is 0. The molecule has 5 nitrogen and oxygen atoms in total. The minimum absolute atomic E-state index is 0.154. The minimum Gasteiger partial charge on any atom is -0.543 e. The Morgan fingerprint density at radius 1 is 1.14 bits per heavy atom. The number of carboxylic acid groups (broad SMARTS) is 1. The molecule has 2 heterocycles. The Bertz CT molecular complexity index is 797. The monoisotopic (exact) mass is 282 g/mol. The fourth-order valence-corrected chi connectivity index (χ4v) is 2.05. The van der Waals surface area contributed by atoms with Crippen molar-refractivity contribution in [3.8, 4) is 22.4 Å². The van der Waals surface area contributed by atoms with Crippen LogP contribution in [0.1, 0.15) is 10.5 Å². The Labute approximate surface area is 119 Å². The number of nitrogens with zero attached hydrogens (tertiary/aromatic N) is 2. The van der Waals surface area contributed by atoms with Gasteiger partial charge in [-0.15, -0.1) is 0 Å². The molecular formula is C15H9FN3O2-. The first kappa shape index (κ1) is 13.0. The number of pyridine rings is 1. The number of hydrogen-bond donors (Lipinski definition) is 1. The Hall–Kier alpha value is -3.02. The molecule has 104 valence electrons. The molecule has 0 radical (unpaired) electrons. The fourth-order valence-electron chi connectivity index (χ4n) is 2.05. The smallest absolute Gasteiger partial charge is 0.123 e. The van der Waals surface area contributed by atoms with Crippen LogP contribution in [-0.4, -0.2) is 21.2 Å². The summed E-state index contributed by atoms with van der Waals surface area (Å²) in [5.74, 6) is -1.67. The quantitative estimate of drug-likeness (QED) is 0.791. The van der Waals surface area contributed by atoms with Gasteiger partial charge in [0.25, 0.3) is 0 Å². The van der Waals surface area contributed by atoms with Crippen molar-refractivity contribution in [3.05, 3.63) is 60.3 Å². The molecule has 0 aliphatic heterocycles. The number of hydrogen-bond acceptors (Lipinski definition) is 4. The summed E-state index contributed by atoms with van der Waals surface area (Å²) >= 11 is 0.